The van der Waals surface area contributed by atoms with Crippen molar-refractivity contribution in [2.24, 2.45) is 0 Å². The third-order valence-electron chi connectivity index (χ3n) is 8.20. The van der Waals surface area contributed by atoms with E-state index < -0.39 is 10.0 Å². The van der Waals surface area contributed by atoms with Crippen LogP contribution in [0.5, 0.6) is 5.75 Å². The molecule has 0 aliphatic carbocycles. The van der Waals surface area contributed by atoms with E-state index in [9.17, 15) is 12.8 Å². The van der Waals surface area contributed by atoms with Crippen LogP contribution in [-0.4, -0.2) is 64.9 Å². The maximum absolute atomic E-state index is 14.2. The molecule has 3 aliphatic rings. The molecule has 3 heterocycles. The highest BCUT2D eigenvalue weighted by Crippen LogP contribution is 2.48. The molecule has 0 amide bonds. The van der Waals surface area contributed by atoms with E-state index in [1.54, 1.807) is 19.1 Å². The zero-order valence-electron chi connectivity index (χ0n) is 21.3. The fourth-order valence-electron chi connectivity index (χ4n) is 6.03. The average Bonchev–Trinajstić information content (AvgIpc) is 3.22. The smallest absolute Gasteiger partial charge is 0.234 e. The highest BCUT2D eigenvalue weighted by molar-refractivity contribution is 7.92. The molecule has 0 radical (unpaired) electrons. The SMILES string of the molecule is CCS(=O)(=O)N1CC2(CCN(c3ccc(OCCCN4CCCCC4)cc3)CC2)c2cc(F)ccc21. The zero-order chi connectivity index (χ0) is 25.2. The number of hydrogen-bond acceptors (Lipinski definition) is 5. The molecule has 2 aromatic rings. The number of fused-ring (bicyclic) bond motifs is 2. The number of sulfonamides is 1. The lowest BCUT2D eigenvalue weighted by atomic mass is 9.74. The maximum atomic E-state index is 14.2. The fourth-order valence-corrected chi connectivity index (χ4v) is 7.25. The summed E-state index contributed by atoms with van der Waals surface area (Å²) in [5.74, 6) is 0.628. The number of likely N-dealkylation sites (tertiary alicyclic amines) is 1. The first-order valence-electron chi connectivity index (χ1n) is 13.4. The predicted molar refractivity (Wildman–Crippen MR) is 143 cm³/mol. The van der Waals surface area contributed by atoms with Crippen molar-refractivity contribution in [3.63, 3.8) is 0 Å². The molecule has 0 unspecified atom stereocenters. The number of rotatable bonds is 8. The van der Waals surface area contributed by atoms with Crippen LogP contribution in [-0.2, 0) is 15.4 Å². The Morgan fingerprint density at radius 2 is 1.69 bits per heavy atom. The second kappa shape index (κ2) is 10.6. The Balaban J connectivity index is 1.18. The number of hydrogen-bond donors (Lipinski definition) is 0. The van der Waals surface area contributed by atoms with E-state index in [0.717, 1.165) is 62.5 Å². The van der Waals surface area contributed by atoms with Gasteiger partial charge in [-0.15, -0.1) is 0 Å². The molecule has 0 aromatic heterocycles. The van der Waals surface area contributed by atoms with E-state index in [1.807, 2.05) is 12.1 Å². The number of nitrogens with zero attached hydrogens (tertiary/aromatic N) is 3. The monoisotopic (exact) mass is 515 g/mol. The average molecular weight is 516 g/mol. The van der Waals surface area contributed by atoms with E-state index in [1.165, 1.54) is 42.7 Å². The van der Waals surface area contributed by atoms with Gasteiger partial charge in [-0.3, -0.25) is 4.31 Å². The number of halogens is 1. The largest absolute Gasteiger partial charge is 0.494 e. The Morgan fingerprint density at radius 1 is 0.972 bits per heavy atom. The Labute approximate surface area is 215 Å². The van der Waals surface area contributed by atoms with Gasteiger partial charge in [-0.1, -0.05) is 6.42 Å². The van der Waals surface area contributed by atoms with Crippen molar-refractivity contribution in [2.75, 3.05) is 60.8 Å². The van der Waals surface area contributed by atoms with Crippen molar-refractivity contribution in [2.45, 2.75) is 50.9 Å². The van der Waals surface area contributed by atoms with Crippen LogP contribution in [0.2, 0.25) is 0 Å². The molecule has 2 aromatic carbocycles. The molecule has 0 atom stereocenters. The summed E-state index contributed by atoms with van der Waals surface area (Å²) in [6.07, 6.45) is 6.62. The number of piperidine rings is 2. The summed E-state index contributed by atoms with van der Waals surface area (Å²) in [7, 11) is -3.41. The van der Waals surface area contributed by atoms with Crippen molar-refractivity contribution < 1.29 is 17.5 Å². The summed E-state index contributed by atoms with van der Waals surface area (Å²) in [4.78, 5) is 4.87. The van der Waals surface area contributed by atoms with E-state index >= 15 is 0 Å². The minimum absolute atomic E-state index is 0.0404. The standard InChI is InChI=1S/C28H38FN3O3S/c1-2-36(33,34)32-22-28(26-21-23(29)7-12-27(26)32)13-18-31(19-14-28)24-8-10-25(11-9-24)35-20-6-17-30-15-4-3-5-16-30/h7-12,21H,2-6,13-20,22H2,1H3. The molecule has 0 saturated carbocycles. The predicted octanol–water partition coefficient (Wildman–Crippen LogP) is 4.79. The van der Waals surface area contributed by atoms with Crippen molar-refractivity contribution in [3.8, 4) is 5.75 Å². The Bertz CT molecular complexity index is 1140. The highest BCUT2D eigenvalue weighted by Gasteiger charge is 2.47. The molecule has 8 heteroatoms. The fraction of sp³-hybridized carbons (Fsp3) is 0.571. The van der Waals surface area contributed by atoms with Gasteiger partial charge in [0.2, 0.25) is 10.0 Å². The van der Waals surface area contributed by atoms with Gasteiger partial charge in [0, 0.05) is 37.3 Å². The van der Waals surface area contributed by atoms with Crippen LogP contribution in [0, 0.1) is 5.82 Å². The van der Waals surface area contributed by atoms with Crippen LogP contribution in [0.1, 0.15) is 51.0 Å². The van der Waals surface area contributed by atoms with E-state index in [2.05, 4.69) is 21.9 Å². The van der Waals surface area contributed by atoms with Gasteiger partial charge in [0.05, 0.1) is 18.0 Å². The minimum atomic E-state index is -3.41. The number of ether oxygens (including phenoxy) is 1. The summed E-state index contributed by atoms with van der Waals surface area (Å²) >= 11 is 0. The van der Waals surface area contributed by atoms with E-state index in [4.69, 9.17) is 4.74 Å². The molecule has 0 bridgehead atoms. The third-order valence-corrected chi connectivity index (χ3v) is 9.93. The lowest BCUT2D eigenvalue weighted by molar-refractivity contribution is 0.205. The van der Waals surface area contributed by atoms with Gasteiger partial charge in [-0.2, -0.15) is 0 Å². The maximum Gasteiger partial charge on any atom is 0.234 e. The first-order chi connectivity index (χ1) is 17.4. The van der Waals surface area contributed by atoms with Crippen LogP contribution >= 0.6 is 0 Å². The minimum Gasteiger partial charge on any atom is -0.494 e. The van der Waals surface area contributed by atoms with Gasteiger partial charge in [-0.25, -0.2) is 12.8 Å². The van der Waals surface area contributed by atoms with Gasteiger partial charge in [-0.05, 0) is 100 Å². The van der Waals surface area contributed by atoms with Crippen LogP contribution in [0.4, 0.5) is 15.8 Å². The molecule has 196 valence electrons. The highest BCUT2D eigenvalue weighted by atomic mass is 32.2. The third kappa shape index (κ3) is 5.21. The van der Waals surface area contributed by atoms with Gasteiger partial charge in [0.15, 0.2) is 0 Å². The summed E-state index contributed by atoms with van der Waals surface area (Å²) in [6.45, 7) is 7.94. The second-order valence-electron chi connectivity index (χ2n) is 10.4. The Morgan fingerprint density at radius 3 is 2.39 bits per heavy atom. The molecular weight excluding hydrogens is 477 g/mol. The van der Waals surface area contributed by atoms with Crippen LogP contribution in [0.3, 0.4) is 0 Å². The molecule has 5 rings (SSSR count). The normalized spacial score (nSPS) is 20.1. The van der Waals surface area contributed by atoms with E-state index in [-0.39, 0.29) is 17.0 Å². The quantitative estimate of drug-likeness (QED) is 0.474. The molecule has 1 spiro atoms. The topological polar surface area (TPSA) is 53.1 Å². The van der Waals surface area contributed by atoms with Crippen molar-refractivity contribution in [1.82, 2.24) is 4.90 Å². The lowest BCUT2D eigenvalue weighted by Gasteiger charge is -2.41. The van der Waals surface area contributed by atoms with E-state index in [0.29, 0.717) is 12.2 Å². The van der Waals surface area contributed by atoms with Crippen LogP contribution < -0.4 is 13.9 Å². The van der Waals surface area contributed by atoms with Gasteiger partial charge in [0.25, 0.3) is 0 Å². The number of anilines is 2. The summed E-state index contributed by atoms with van der Waals surface area (Å²) < 4.78 is 47.2. The van der Waals surface area contributed by atoms with Crippen molar-refractivity contribution in [1.29, 1.82) is 0 Å². The molecule has 2 saturated heterocycles. The van der Waals surface area contributed by atoms with Gasteiger partial charge in [0.1, 0.15) is 11.6 Å². The summed E-state index contributed by atoms with van der Waals surface area (Å²) in [5, 5.41) is 0. The van der Waals surface area contributed by atoms with Gasteiger partial charge >= 0.3 is 0 Å². The molecule has 36 heavy (non-hydrogen) atoms. The van der Waals surface area contributed by atoms with Crippen molar-refractivity contribution >= 4 is 21.4 Å². The first kappa shape index (κ1) is 25.3. The van der Waals surface area contributed by atoms with Crippen molar-refractivity contribution in [3.05, 3.63) is 53.8 Å². The van der Waals surface area contributed by atoms with Crippen LogP contribution in [0.15, 0.2) is 42.5 Å². The lowest BCUT2D eigenvalue weighted by Crippen LogP contribution is -2.46. The number of benzene rings is 2. The van der Waals surface area contributed by atoms with Gasteiger partial charge < -0.3 is 14.5 Å². The molecular formula is C28H38FN3O3S. The Hall–Kier alpha value is -2.32. The second-order valence-corrected chi connectivity index (χ2v) is 12.6. The molecule has 6 nitrogen and oxygen atoms in total. The summed E-state index contributed by atoms with van der Waals surface area (Å²) in [6, 6.07) is 12.8. The molecule has 3 aliphatic heterocycles. The molecule has 0 N–H and O–H groups in total. The van der Waals surface area contributed by atoms with Crippen LogP contribution in [0.25, 0.3) is 0 Å². The summed E-state index contributed by atoms with van der Waals surface area (Å²) in [5.41, 5.74) is 2.29. The Kier molecular flexibility index (Phi) is 7.45. The zero-order valence-corrected chi connectivity index (χ0v) is 22.1. The first-order valence-corrected chi connectivity index (χ1v) is 15.0. The molecule has 2 fully saturated rings.